The second-order valence-corrected chi connectivity index (χ2v) is 5.51. The largest absolute Gasteiger partial charge is 0.399 e. The van der Waals surface area contributed by atoms with Crippen LogP contribution in [0.2, 0.25) is 0 Å². The number of nitrogen functional groups attached to an aromatic ring is 1. The minimum Gasteiger partial charge on any atom is -0.399 e. The maximum absolute atomic E-state index is 5.76. The molecule has 2 rings (SSSR count). The Kier molecular flexibility index (Phi) is 4.33. The average Bonchev–Trinajstić information content (AvgIpc) is 2.85. The standard InChI is InChI=1S/C14H19N3S/c1-3-13-9-17-14(18-13)10(2)16-8-11-5-4-6-12(15)7-11/h4-7,9-10,16H,3,8,15H2,1-2H3. The van der Waals surface area contributed by atoms with Gasteiger partial charge in [0.2, 0.25) is 0 Å². The van der Waals surface area contributed by atoms with E-state index in [0.29, 0.717) is 0 Å². The van der Waals surface area contributed by atoms with Gasteiger partial charge in [-0.25, -0.2) is 4.98 Å². The molecule has 0 spiro atoms. The summed E-state index contributed by atoms with van der Waals surface area (Å²) < 4.78 is 0. The molecule has 3 N–H and O–H groups in total. The van der Waals surface area contributed by atoms with Gasteiger partial charge in [0.05, 0.1) is 6.04 Å². The number of aromatic nitrogens is 1. The number of thiazole rings is 1. The first-order valence-corrected chi connectivity index (χ1v) is 7.03. The van der Waals surface area contributed by atoms with Crippen LogP contribution in [-0.2, 0) is 13.0 Å². The SMILES string of the molecule is CCc1cnc(C(C)NCc2cccc(N)c2)s1. The van der Waals surface area contributed by atoms with E-state index in [1.54, 1.807) is 11.3 Å². The third-order valence-electron chi connectivity index (χ3n) is 2.85. The van der Waals surface area contributed by atoms with E-state index < -0.39 is 0 Å². The maximum Gasteiger partial charge on any atom is 0.109 e. The van der Waals surface area contributed by atoms with Gasteiger partial charge in [-0.3, -0.25) is 0 Å². The quantitative estimate of drug-likeness (QED) is 0.813. The number of rotatable bonds is 5. The van der Waals surface area contributed by atoms with Crippen LogP contribution in [0.1, 0.15) is 35.3 Å². The van der Waals surface area contributed by atoms with Gasteiger partial charge in [-0.05, 0) is 31.0 Å². The van der Waals surface area contributed by atoms with E-state index >= 15 is 0 Å². The van der Waals surface area contributed by atoms with Crippen molar-refractivity contribution in [2.75, 3.05) is 5.73 Å². The molecule has 1 heterocycles. The maximum atomic E-state index is 5.76. The van der Waals surface area contributed by atoms with Gasteiger partial charge in [-0.2, -0.15) is 0 Å². The molecule has 0 aliphatic rings. The van der Waals surface area contributed by atoms with Crippen LogP contribution >= 0.6 is 11.3 Å². The molecular weight excluding hydrogens is 242 g/mol. The van der Waals surface area contributed by atoms with E-state index in [0.717, 1.165) is 23.7 Å². The van der Waals surface area contributed by atoms with Crippen molar-refractivity contribution in [1.29, 1.82) is 0 Å². The second kappa shape index (κ2) is 5.98. The number of aryl methyl sites for hydroxylation is 1. The summed E-state index contributed by atoms with van der Waals surface area (Å²) in [5.41, 5.74) is 7.77. The first-order valence-electron chi connectivity index (χ1n) is 6.21. The lowest BCUT2D eigenvalue weighted by atomic mass is 10.2. The fraction of sp³-hybridized carbons (Fsp3) is 0.357. The number of hydrogen-bond donors (Lipinski definition) is 2. The van der Waals surface area contributed by atoms with Gasteiger partial charge in [0.25, 0.3) is 0 Å². The molecule has 0 saturated heterocycles. The molecule has 0 saturated carbocycles. The van der Waals surface area contributed by atoms with Crippen molar-refractivity contribution >= 4 is 17.0 Å². The minimum absolute atomic E-state index is 0.275. The van der Waals surface area contributed by atoms with E-state index in [1.165, 1.54) is 10.4 Å². The highest BCUT2D eigenvalue weighted by Crippen LogP contribution is 2.20. The smallest absolute Gasteiger partial charge is 0.109 e. The molecule has 4 heteroatoms. The number of hydrogen-bond acceptors (Lipinski definition) is 4. The van der Waals surface area contributed by atoms with Crippen LogP contribution in [0, 0.1) is 0 Å². The third kappa shape index (κ3) is 3.31. The summed E-state index contributed by atoms with van der Waals surface area (Å²) in [7, 11) is 0. The fourth-order valence-corrected chi connectivity index (χ4v) is 2.63. The van der Waals surface area contributed by atoms with Crippen molar-refractivity contribution in [3.8, 4) is 0 Å². The molecule has 1 aromatic carbocycles. The number of nitrogens with zero attached hydrogens (tertiary/aromatic N) is 1. The van der Waals surface area contributed by atoms with Crippen molar-refractivity contribution in [2.24, 2.45) is 0 Å². The summed E-state index contributed by atoms with van der Waals surface area (Å²) in [6, 6.07) is 8.24. The Hall–Kier alpha value is -1.39. The number of benzene rings is 1. The van der Waals surface area contributed by atoms with Gasteiger partial charge in [0.1, 0.15) is 5.01 Å². The highest BCUT2D eigenvalue weighted by atomic mass is 32.1. The Bertz CT molecular complexity index is 507. The summed E-state index contributed by atoms with van der Waals surface area (Å²) in [6.07, 6.45) is 3.03. The molecule has 0 radical (unpaired) electrons. The Labute approximate surface area is 112 Å². The summed E-state index contributed by atoms with van der Waals surface area (Å²) in [5, 5.41) is 4.62. The van der Waals surface area contributed by atoms with Crippen LogP contribution in [0.5, 0.6) is 0 Å². The molecule has 18 heavy (non-hydrogen) atoms. The second-order valence-electron chi connectivity index (χ2n) is 4.37. The Morgan fingerprint density at radius 1 is 1.44 bits per heavy atom. The van der Waals surface area contributed by atoms with E-state index in [1.807, 2.05) is 24.4 Å². The van der Waals surface area contributed by atoms with Crippen LogP contribution in [-0.4, -0.2) is 4.98 Å². The zero-order chi connectivity index (χ0) is 13.0. The van der Waals surface area contributed by atoms with Gasteiger partial charge in [-0.15, -0.1) is 11.3 Å². The van der Waals surface area contributed by atoms with Gasteiger partial charge in [0, 0.05) is 23.3 Å². The molecule has 1 unspecified atom stereocenters. The van der Waals surface area contributed by atoms with E-state index in [2.05, 4.69) is 30.2 Å². The molecule has 2 aromatic rings. The molecule has 96 valence electrons. The highest BCUT2D eigenvalue weighted by Gasteiger charge is 2.09. The Balaban J connectivity index is 1.93. The first kappa shape index (κ1) is 13.1. The van der Waals surface area contributed by atoms with Crippen molar-refractivity contribution in [1.82, 2.24) is 10.3 Å². The average molecular weight is 261 g/mol. The number of nitrogens with one attached hydrogen (secondary N) is 1. The Morgan fingerprint density at radius 2 is 2.28 bits per heavy atom. The zero-order valence-corrected chi connectivity index (χ0v) is 11.6. The van der Waals surface area contributed by atoms with Crippen LogP contribution in [0.4, 0.5) is 5.69 Å². The van der Waals surface area contributed by atoms with Crippen LogP contribution in [0.25, 0.3) is 0 Å². The summed E-state index contributed by atoms with van der Waals surface area (Å²) in [5.74, 6) is 0. The fourth-order valence-electron chi connectivity index (χ4n) is 1.75. The van der Waals surface area contributed by atoms with Crippen molar-refractivity contribution in [3.05, 3.63) is 45.9 Å². The predicted octanol–water partition coefficient (Wildman–Crippen LogP) is 3.14. The number of nitrogens with two attached hydrogens (primary N) is 1. The predicted molar refractivity (Wildman–Crippen MR) is 77.6 cm³/mol. The van der Waals surface area contributed by atoms with Crippen LogP contribution in [0.15, 0.2) is 30.5 Å². The lowest BCUT2D eigenvalue weighted by Crippen LogP contribution is -2.17. The molecule has 0 amide bonds. The molecule has 0 aliphatic heterocycles. The topological polar surface area (TPSA) is 50.9 Å². The molecule has 1 aromatic heterocycles. The van der Waals surface area contributed by atoms with Gasteiger partial charge in [0.15, 0.2) is 0 Å². The van der Waals surface area contributed by atoms with Crippen molar-refractivity contribution in [3.63, 3.8) is 0 Å². The molecule has 1 atom stereocenters. The van der Waals surface area contributed by atoms with Crippen molar-refractivity contribution < 1.29 is 0 Å². The summed E-state index contributed by atoms with van der Waals surface area (Å²) in [4.78, 5) is 5.78. The monoisotopic (exact) mass is 261 g/mol. The molecule has 0 aliphatic carbocycles. The number of anilines is 1. The van der Waals surface area contributed by atoms with E-state index in [-0.39, 0.29) is 6.04 Å². The summed E-state index contributed by atoms with van der Waals surface area (Å²) >= 11 is 1.78. The van der Waals surface area contributed by atoms with Crippen LogP contribution in [0.3, 0.4) is 0 Å². The lowest BCUT2D eigenvalue weighted by molar-refractivity contribution is 0.572. The molecule has 0 fully saturated rings. The Morgan fingerprint density at radius 3 is 2.94 bits per heavy atom. The van der Waals surface area contributed by atoms with E-state index in [9.17, 15) is 0 Å². The van der Waals surface area contributed by atoms with Crippen LogP contribution < -0.4 is 11.1 Å². The lowest BCUT2D eigenvalue weighted by Gasteiger charge is -2.11. The normalized spacial score (nSPS) is 12.6. The molecule has 3 nitrogen and oxygen atoms in total. The highest BCUT2D eigenvalue weighted by molar-refractivity contribution is 7.11. The van der Waals surface area contributed by atoms with Gasteiger partial charge in [-0.1, -0.05) is 19.1 Å². The zero-order valence-electron chi connectivity index (χ0n) is 10.8. The summed E-state index contributed by atoms with van der Waals surface area (Å²) in [6.45, 7) is 5.11. The molecule has 0 bridgehead atoms. The molecular formula is C14H19N3S. The van der Waals surface area contributed by atoms with Gasteiger partial charge >= 0.3 is 0 Å². The van der Waals surface area contributed by atoms with E-state index in [4.69, 9.17) is 5.73 Å². The minimum atomic E-state index is 0.275. The van der Waals surface area contributed by atoms with Crippen molar-refractivity contribution in [2.45, 2.75) is 32.9 Å². The first-order chi connectivity index (χ1) is 8.69. The van der Waals surface area contributed by atoms with Gasteiger partial charge < -0.3 is 11.1 Å². The third-order valence-corrected chi connectivity index (χ3v) is 4.18.